The van der Waals surface area contributed by atoms with E-state index in [1.807, 2.05) is 5.32 Å². The van der Waals surface area contributed by atoms with Gasteiger partial charge in [0.2, 0.25) is 0 Å². The first-order valence-electron chi connectivity index (χ1n) is 4.97. The zero-order chi connectivity index (χ0) is 13.9. The quantitative estimate of drug-likeness (QED) is 0.714. The second-order valence-corrected chi connectivity index (χ2v) is 4.78. The Morgan fingerprint density at radius 2 is 2.22 bits per heavy atom. The Balaban J connectivity index is 2.73. The number of nitrogens with zero attached hydrogens (tertiary/aromatic N) is 2. The van der Waals surface area contributed by atoms with Crippen LogP contribution in [0.5, 0.6) is 0 Å². The molecule has 1 heterocycles. The standard InChI is InChI=1S/C9H14F2N4O2S/c1-15(2)8-14-6(12)5(18-8)7(17)13-3-9(10,11)4-16/h16H,3-4,12H2,1-2H3,(H,13,17). The molecule has 0 aliphatic carbocycles. The number of hydrogen-bond donors (Lipinski definition) is 3. The molecule has 1 aromatic rings. The molecule has 0 unspecified atom stereocenters. The highest BCUT2D eigenvalue weighted by Crippen LogP contribution is 2.26. The first kappa shape index (κ1) is 14.6. The van der Waals surface area contributed by atoms with Gasteiger partial charge in [0.1, 0.15) is 17.3 Å². The first-order chi connectivity index (χ1) is 8.26. The van der Waals surface area contributed by atoms with E-state index in [1.54, 1.807) is 19.0 Å². The summed E-state index contributed by atoms with van der Waals surface area (Å²) in [5.74, 6) is -4.08. The van der Waals surface area contributed by atoms with E-state index in [9.17, 15) is 13.6 Å². The van der Waals surface area contributed by atoms with Crippen molar-refractivity contribution in [2.45, 2.75) is 5.92 Å². The molecule has 102 valence electrons. The first-order valence-corrected chi connectivity index (χ1v) is 5.79. The number of rotatable bonds is 5. The van der Waals surface area contributed by atoms with Gasteiger partial charge in [0.25, 0.3) is 11.8 Å². The van der Waals surface area contributed by atoms with Crippen molar-refractivity contribution in [3.63, 3.8) is 0 Å². The van der Waals surface area contributed by atoms with Gasteiger partial charge in [-0.1, -0.05) is 11.3 Å². The minimum absolute atomic E-state index is 0.00600. The van der Waals surface area contributed by atoms with Gasteiger partial charge in [-0.15, -0.1) is 0 Å². The number of amides is 1. The zero-order valence-corrected chi connectivity index (χ0v) is 10.7. The molecular formula is C9H14F2N4O2S. The van der Waals surface area contributed by atoms with E-state index in [0.717, 1.165) is 11.3 Å². The summed E-state index contributed by atoms with van der Waals surface area (Å²) >= 11 is 1.00. The molecule has 6 nitrogen and oxygen atoms in total. The lowest BCUT2D eigenvalue weighted by molar-refractivity contribution is -0.0461. The molecule has 9 heteroatoms. The molecule has 0 atom stereocenters. The number of aliphatic hydroxyl groups is 1. The van der Waals surface area contributed by atoms with E-state index in [-0.39, 0.29) is 10.7 Å². The Bertz CT molecular complexity index is 436. The van der Waals surface area contributed by atoms with E-state index in [2.05, 4.69) is 4.98 Å². The van der Waals surface area contributed by atoms with Crippen LogP contribution in [-0.2, 0) is 0 Å². The Morgan fingerprint density at radius 1 is 1.61 bits per heavy atom. The van der Waals surface area contributed by atoms with Crippen molar-refractivity contribution in [2.75, 3.05) is 37.9 Å². The van der Waals surface area contributed by atoms with Crippen molar-refractivity contribution in [1.29, 1.82) is 0 Å². The summed E-state index contributed by atoms with van der Waals surface area (Å²) in [6.45, 7) is -2.27. The number of carbonyl (C=O) groups is 1. The molecule has 0 aliphatic rings. The zero-order valence-electron chi connectivity index (χ0n) is 9.91. The summed E-state index contributed by atoms with van der Waals surface area (Å²) in [4.78, 5) is 17.3. The van der Waals surface area contributed by atoms with Crippen molar-refractivity contribution in [3.8, 4) is 0 Å². The van der Waals surface area contributed by atoms with Gasteiger partial charge in [0.15, 0.2) is 5.13 Å². The molecule has 0 bridgehead atoms. The van der Waals surface area contributed by atoms with Gasteiger partial charge in [0.05, 0.1) is 6.54 Å². The normalized spacial score (nSPS) is 11.4. The predicted molar refractivity (Wildman–Crippen MR) is 65.2 cm³/mol. The van der Waals surface area contributed by atoms with Crippen LogP contribution in [0.2, 0.25) is 0 Å². The lowest BCUT2D eigenvalue weighted by Crippen LogP contribution is -2.38. The smallest absolute Gasteiger partial charge is 0.287 e. The highest BCUT2D eigenvalue weighted by Gasteiger charge is 2.29. The SMILES string of the molecule is CN(C)c1nc(N)c(C(=O)NCC(F)(F)CO)s1. The maximum absolute atomic E-state index is 12.7. The lowest BCUT2D eigenvalue weighted by atomic mass is 10.3. The monoisotopic (exact) mass is 280 g/mol. The summed E-state index contributed by atoms with van der Waals surface area (Å²) in [7, 11) is 3.44. The number of hydrogen-bond acceptors (Lipinski definition) is 6. The molecule has 0 fully saturated rings. The Hall–Kier alpha value is -1.48. The van der Waals surface area contributed by atoms with Crippen molar-refractivity contribution in [2.24, 2.45) is 0 Å². The number of nitrogen functional groups attached to an aromatic ring is 1. The number of aliphatic hydroxyl groups excluding tert-OH is 1. The lowest BCUT2D eigenvalue weighted by Gasteiger charge is -2.13. The largest absolute Gasteiger partial charge is 0.390 e. The molecule has 0 saturated heterocycles. The average molecular weight is 280 g/mol. The summed E-state index contributed by atoms with van der Waals surface area (Å²) in [6, 6.07) is 0. The van der Waals surface area contributed by atoms with Gasteiger partial charge in [0, 0.05) is 14.1 Å². The number of nitrogens with one attached hydrogen (secondary N) is 1. The van der Waals surface area contributed by atoms with Crippen LogP contribution in [0.3, 0.4) is 0 Å². The van der Waals surface area contributed by atoms with E-state index in [1.165, 1.54) is 0 Å². The topological polar surface area (TPSA) is 91.5 Å². The van der Waals surface area contributed by atoms with Crippen LogP contribution < -0.4 is 16.0 Å². The molecule has 0 spiro atoms. The molecule has 1 aromatic heterocycles. The van der Waals surface area contributed by atoms with Crippen LogP contribution in [-0.4, -0.2) is 49.2 Å². The fourth-order valence-corrected chi connectivity index (χ4v) is 1.84. The third-order valence-corrected chi connectivity index (χ3v) is 3.21. The van der Waals surface area contributed by atoms with Crippen LogP contribution in [0.25, 0.3) is 0 Å². The van der Waals surface area contributed by atoms with Crippen LogP contribution in [0.4, 0.5) is 19.7 Å². The molecule has 1 rings (SSSR count). The molecule has 0 aliphatic heterocycles. The number of halogens is 2. The molecule has 1 amide bonds. The van der Waals surface area contributed by atoms with Gasteiger partial charge in [-0.2, -0.15) is 0 Å². The molecule has 0 saturated carbocycles. The van der Waals surface area contributed by atoms with Gasteiger partial charge in [-0.05, 0) is 0 Å². The molecule has 0 aromatic carbocycles. The van der Waals surface area contributed by atoms with Crippen LogP contribution in [0.15, 0.2) is 0 Å². The molecule has 0 radical (unpaired) electrons. The highest BCUT2D eigenvalue weighted by atomic mass is 32.1. The van der Waals surface area contributed by atoms with Crippen LogP contribution in [0, 0.1) is 0 Å². The summed E-state index contributed by atoms with van der Waals surface area (Å²) in [5.41, 5.74) is 5.53. The Kier molecular flexibility index (Phi) is 4.41. The Morgan fingerprint density at radius 3 is 2.67 bits per heavy atom. The maximum Gasteiger partial charge on any atom is 0.287 e. The highest BCUT2D eigenvalue weighted by molar-refractivity contribution is 7.18. The summed E-state index contributed by atoms with van der Waals surface area (Å²) in [6.07, 6.45) is 0. The third-order valence-electron chi connectivity index (χ3n) is 1.97. The number of aromatic nitrogens is 1. The number of nitrogens with two attached hydrogens (primary N) is 1. The van der Waals surface area contributed by atoms with Crippen LogP contribution in [0.1, 0.15) is 9.67 Å². The Labute approximate surface area is 106 Å². The second-order valence-electron chi connectivity index (χ2n) is 3.80. The minimum Gasteiger partial charge on any atom is -0.390 e. The fourth-order valence-electron chi connectivity index (χ4n) is 1.02. The van der Waals surface area contributed by atoms with Gasteiger partial charge < -0.3 is 21.1 Å². The van der Waals surface area contributed by atoms with Crippen LogP contribution >= 0.6 is 11.3 Å². The van der Waals surface area contributed by atoms with Gasteiger partial charge >= 0.3 is 0 Å². The number of anilines is 2. The van der Waals surface area contributed by atoms with Gasteiger partial charge in [-0.25, -0.2) is 13.8 Å². The summed E-state index contributed by atoms with van der Waals surface area (Å²) < 4.78 is 25.5. The van der Waals surface area contributed by atoms with E-state index in [0.29, 0.717) is 5.13 Å². The molecule has 4 N–H and O–H groups in total. The summed E-state index contributed by atoms with van der Waals surface area (Å²) in [5, 5.41) is 10.9. The number of thiazole rings is 1. The fraction of sp³-hybridized carbons (Fsp3) is 0.556. The van der Waals surface area contributed by atoms with Crippen molar-refractivity contribution in [1.82, 2.24) is 10.3 Å². The molecule has 18 heavy (non-hydrogen) atoms. The van der Waals surface area contributed by atoms with Crippen molar-refractivity contribution < 1.29 is 18.7 Å². The number of carbonyl (C=O) groups excluding carboxylic acids is 1. The second kappa shape index (κ2) is 5.44. The maximum atomic E-state index is 12.7. The van der Waals surface area contributed by atoms with E-state index < -0.39 is 25.0 Å². The number of alkyl halides is 2. The van der Waals surface area contributed by atoms with Crippen molar-refractivity contribution in [3.05, 3.63) is 4.88 Å². The van der Waals surface area contributed by atoms with Gasteiger partial charge in [-0.3, -0.25) is 4.79 Å². The predicted octanol–water partition coefficient (Wildman–Crippen LogP) is 0.149. The van der Waals surface area contributed by atoms with E-state index >= 15 is 0 Å². The van der Waals surface area contributed by atoms with E-state index in [4.69, 9.17) is 10.8 Å². The average Bonchev–Trinajstić information content (AvgIpc) is 2.69. The van der Waals surface area contributed by atoms with Crippen molar-refractivity contribution >= 4 is 28.2 Å². The minimum atomic E-state index is -3.35. The molecular weight excluding hydrogens is 266 g/mol. The third kappa shape index (κ3) is 3.50.